The SMILES string of the molecule is CN(CC(=O)NCc1ccc(C(=O)O)o1)Cc1ccc2ncccc2c1. The van der Waals surface area contributed by atoms with Crippen molar-refractivity contribution in [1.29, 1.82) is 0 Å². The lowest BCUT2D eigenvalue weighted by atomic mass is 10.1. The summed E-state index contributed by atoms with van der Waals surface area (Å²) in [5.41, 5.74) is 2.04. The Bertz CT molecular complexity index is 935. The summed E-state index contributed by atoms with van der Waals surface area (Å²) in [6.07, 6.45) is 1.76. The van der Waals surface area contributed by atoms with E-state index in [1.54, 1.807) is 6.20 Å². The molecule has 3 rings (SSSR count). The lowest BCUT2D eigenvalue weighted by molar-refractivity contribution is -0.122. The lowest BCUT2D eigenvalue weighted by Crippen LogP contribution is -2.34. The molecule has 0 aliphatic rings. The number of nitrogens with one attached hydrogen (secondary N) is 1. The van der Waals surface area contributed by atoms with Gasteiger partial charge in [-0.15, -0.1) is 0 Å². The van der Waals surface area contributed by atoms with Gasteiger partial charge in [0.1, 0.15) is 5.76 Å². The van der Waals surface area contributed by atoms with Gasteiger partial charge in [-0.1, -0.05) is 12.1 Å². The summed E-state index contributed by atoms with van der Waals surface area (Å²) in [5, 5.41) is 12.6. The minimum absolute atomic E-state index is 0.142. The number of carboxylic acid groups (broad SMARTS) is 1. The molecule has 0 aliphatic heterocycles. The molecule has 3 aromatic rings. The molecule has 2 N–H and O–H groups in total. The molecule has 0 saturated carbocycles. The van der Waals surface area contributed by atoms with Crippen LogP contribution in [0.4, 0.5) is 0 Å². The molecule has 0 atom stereocenters. The third-order valence-electron chi connectivity index (χ3n) is 3.87. The molecule has 0 saturated heterocycles. The van der Waals surface area contributed by atoms with Crippen LogP contribution in [-0.2, 0) is 17.9 Å². The second-order valence-electron chi connectivity index (χ2n) is 6.05. The Hall–Kier alpha value is -3.19. The number of fused-ring (bicyclic) bond motifs is 1. The molecule has 0 spiro atoms. The van der Waals surface area contributed by atoms with Gasteiger partial charge in [-0.05, 0) is 42.9 Å². The predicted octanol–water partition coefficient (Wildman–Crippen LogP) is 2.27. The number of aromatic carboxylic acids is 1. The van der Waals surface area contributed by atoms with Gasteiger partial charge in [-0.25, -0.2) is 4.79 Å². The van der Waals surface area contributed by atoms with Crippen LogP contribution in [0.1, 0.15) is 21.9 Å². The van der Waals surface area contributed by atoms with Gasteiger partial charge in [-0.3, -0.25) is 14.7 Å². The second kappa shape index (κ2) is 7.79. The van der Waals surface area contributed by atoms with Crippen LogP contribution in [0.15, 0.2) is 53.1 Å². The number of furan rings is 1. The number of aromatic nitrogens is 1. The quantitative estimate of drug-likeness (QED) is 0.676. The minimum atomic E-state index is -1.13. The van der Waals surface area contributed by atoms with E-state index in [0.717, 1.165) is 16.5 Å². The smallest absolute Gasteiger partial charge is 0.371 e. The molecule has 7 heteroatoms. The van der Waals surface area contributed by atoms with Crippen LogP contribution in [0.25, 0.3) is 10.9 Å². The number of pyridine rings is 1. The molecule has 2 heterocycles. The minimum Gasteiger partial charge on any atom is -0.475 e. The van der Waals surface area contributed by atoms with E-state index in [0.29, 0.717) is 12.3 Å². The van der Waals surface area contributed by atoms with Crippen molar-refractivity contribution in [3.05, 3.63) is 65.7 Å². The fraction of sp³-hybridized carbons (Fsp3) is 0.211. The summed E-state index contributed by atoms with van der Waals surface area (Å²) in [7, 11) is 1.86. The third kappa shape index (κ3) is 4.46. The van der Waals surface area contributed by atoms with Crippen molar-refractivity contribution < 1.29 is 19.1 Å². The molecular weight excluding hydrogens is 334 g/mol. The van der Waals surface area contributed by atoms with E-state index in [9.17, 15) is 9.59 Å². The number of carboxylic acids is 1. The number of rotatable bonds is 7. The van der Waals surface area contributed by atoms with Gasteiger partial charge in [0.05, 0.1) is 18.6 Å². The Morgan fingerprint density at radius 1 is 1.23 bits per heavy atom. The number of amides is 1. The highest BCUT2D eigenvalue weighted by atomic mass is 16.4. The highest BCUT2D eigenvalue weighted by Crippen LogP contribution is 2.14. The zero-order valence-electron chi connectivity index (χ0n) is 14.3. The van der Waals surface area contributed by atoms with Crippen molar-refractivity contribution in [3.8, 4) is 0 Å². The first kappa shape index (κ1) is 17.6. The Kier molecular flexibility index (Phi) is 5.28. The Morgan fingerprint density at radius 2 is 2.08 bits per heavy atom. The summed E-state index contributed by atoms with van der Waals surface area (Å²) in [6.45, 7) is 1.00. The van der Waals surface area contributed by atoms with E-state index in [4.69, 9.17) is 9.52 Å². The Balaban J connectivity index is 1.50. The van der Waals surface area contributed by atoms with E-state index in [1.807, 2.05) is 36.2 Å². The van der Waals surface area contributed by atoms with E-state index in [2.05, 4.69) is 16.4 Å². The third-order valence-corrected chi connectivity index (χ3v) is 3.87. The number of nitrogens with zero attached hydrogens (tertiary/aromatic N) is 2. The fourth-order valence-corrected chi connectivity index (χ4v) is 2.67. The molecule has 1 aromatic carbocycles. The van der Waals surface area contributed by atoms with E-state index < -0.39 is 5.97 Å². The molecule has 0 bridgehead atoms. The molecular formula is C19H19N3O4. The van der Waals surface area contributed by atoms with Crippen molar-refractivity contribution in [1.82, 2.24) is 15.2 Å². The highest BCUT2D eigenvalue weighted by Gasteiger charge is 2.11. The monoisotopic (exact) mass is 353 g/mol. The first-order chi connectivity index (χ1) is 12.5. The van der Waals surface area contributed by atoms with Gasteiger partial charge < -0.3 is 14.8 Å². The molecule has 7 nitrogen and oxygen atoms in total. The normalized spacial score (nSPS) is 11.0. The number of carbonyl (C=O) groups is 2. The van der Waals surface area contributed by atoms with Gasteiger partial charge in [0.2, 0.25) is 11.7 Å². The van der Waals surface area contributed by atoms with E-state index >= 15 is 0 Å². The lowest BCUT2D eigenvalue weighted by Gasteiger charge is -2.16. The summed E-state index contributed by atoms with van der Waals surface area (Å²) >= 11 is 0. The van der Waals surface area contributed by atoms with Crippen molar-refractivity contribution in [2.75, 3.05) is 13.6 Å². The average Bonchev–Trinajstić information content (AvgIpc) is 3.09. The maximum absolute atomic E-state index is 12.0. The molecule has 0 radical (unpaired) electrons. The van der Waals surface area contributed by atoms with Crippen molar-refractivity contribution >= 4 is 22.8 Å². The van der Waals surface area contributed by atoms with Crippen LogP contribution in [0.3, 0.4) is 0 Å². The number of hydrogen-bond acceptors (Lipinski definition) is 5. The maximum Gasteiger partial charge on any atom is 0.371 e. The molecule has 0 unspecified atom stereocenters. The number of carbonyl (C=O) groups excluding carboxylic acids is 1. The summed E-state index contributed by atoms with van der Waals surface area (Å²) < 4.78 is 5.10. The van der Waals surface area contributed by atoms with E-state index in [-0.39, 0.29) is 24.8 Å². The van der Waals surface area contributed by atoms with Crippen LogP contribution in [-0.4, -0.2) is 40.5 Å². The van der Waals surface area contributed by atoms with Gasteiger partial charge in [0, 0.05) is 18.1 Å². The second-order valence-corrected chi connectivity index (χ2v) is 6.05. The first-order valence-corrected chi connectivity index (χ1v) is 8.12. The average molecular weight is 353 g/mol. The van der Waals surface area contributed by atoms with Crippen molar-refractivity contribution in [2.24, 2.45) is 0 Å². The molecule has 1 amide bonds. The van der Waals surface area contributed by atoms with Crippen LogP contribution in [0.2, 0.25) is 0 Å². The standard InChI is InChI=1S/C19H19N3O4/c1-22(11-13-4-6-16-14(9-13)3-2-8-20-16)12-18(23)21-10-15-5-7-17(26-15)19(24)25/h2-9H,10-12H2,1H3,(H,21,23)(H,24,25). The number of benzene rings is 1. The maximum atomic E-state index is 12.0. The van der Waals surface area contributed by atoms with Gasteiger partial charge in [-0.2, -0.15) is 0 Å². The van der Waals surface area contributed by atoms with Crippen molar-refractivity contribution in [3.63, 3.8) is 0 Å². The largest absolute Gasteiger partial charge is 0.475 e. The zero-order chi connectivity index (χ0) is 18.5. The number of likely N-dealkylation sites (N-methyl/N-ethyl adjacent to an activating group) is 1. The molecule has 2 aromatic heterocycles. The van der Waals surface area contributed by atoms with E-state index in [1.165, 1.54) is 12.1 Å². The molecule has 0 aliphatic carbocycles. The summed E-state index contributed by atoms with van der Waals surface area (Å²) in [6, 6.07) is 12.8. The first-order valence-electron chi connectivity index (χ1n) is 8.12. The fourth-order valence-electron chi connectivity index (χ4n) is 2.67. The van der Waals surface area contributed by atoms with Gasteiger partial charge in [0.15, 0.2) is 0 Å². The Labute approximate surface area is 150 Å². The zero-order valence-corrected chi connectivity index (χ0v) is 14.3. The predicted molar refractivity (Wildman–Crippen MR) is 95.6 cm³/mol. The van der Waals surface area contributed by atoms with Crippen LogP contribution in [0, 0.1) is 0 Å². The molecule has 26 heavy (non-hydrogen) atoms. The van der Waals surface area contributed by atoms with Gasteiger partial charge >= 0.3 is 5.97 Å². The highest BCUT2D eigenvalue weighted by molar-refractivity contribution is 5.84. The van der Waals surface area contributed by atoms with Crippen LogP contribution < -0.4 is 5.32 Å². The number of hydrogen-bond donors (Lipinski definition) is 2. The van der Waals surface area contributed by atoms with Gasteiger partial charge in [0.25, 0.3) is 0 Å². The Morgan fingerprint density at radius 3 is 2.85 bits per heavy atom. The van der Waals surface area contributed by atoms with Crippen LogP contribution in [0.5, 0.6) is 0 Å². The summed E-state index contributed by atoms with van der Waals surface area (Å²) in [4.78, 5) is 29.0. The van der Waals surface area contributed by atoms with Crippen molar-refractivity contribution in [2.45, 2.75) is 13.1 Å². The summed E-state index contributed by atoms with van der Waals surface area (Å²) in [5.74, 6) is -1.03. The molecule has 134 valence electrons. The van der Waals surface area contributed by atoms with Crippen LogP contribution >= 0.6 is 0 Å². The topological polar surface area (TPSA) is 95.7 Å². The molecule has 0 fully saturated rings.